The largest absolute Gasteiger partial charge is 0.341 e. The molecule has 4 aromatic rings. The Morgan fingerprint density at radius 3 is 2.42 bits per heavy atom. The number of anilines is 1. The van der Waals surface area contributed by atoms with Crippen LogP contribution in [0.15, 0.2) is 58.7 Å². The molecule has 0 radical (unpaired) electrons. The Bertz CT molecular complexity index is 1380. The lowest BCUT2D eigenvalue weighted by Gasteiger charge is -2.31. The van der Waals surface area contributed by atoms with E-state index < -0.39 is 9.84 Å². The summed E-state index contributed by atoms with van der Waals surface area (Å²) in [5, 5.41) is 0.781. The Morgan fingerprint density at radius 2 is 1.76 bits per heavy atom. The molecule has 0 aromatic carbocycles. The van der Waals surface area contributed by atoms with Gasteiger partial charge in [-0.15, -0.1) is 0 Å². The molecule has 1 saturated heterocycles. The maximum atomic E-state index is 11.8. The fourth-order valence-electron chi connectivity index (χ4n) is 4.06. The van der Waals surface area contributed by atoms with Crippen molar-refractivity contribution in [2.45, 2.75) is 30.2 Å². The summed E-state index contributed by atoms with van der Waals surface area (Å²) >= 11 is 3.37. The van der Waals surface area contributed by atoms with Crippen molar-refractivity contribution in [3.8, 4) is 0 Å². The topological polar surface area (TPSA) is 107 Å². The lowest BCUT2D eigenvalue weighted by Crippen LogP contribution is -2.34. The molecule has 9 nitrogen and oxygen atoms in total. The number of piperidine rings is 1. The fourth-order valence-corrected chi connectivity index (χ4v) is 4.85. The molecule has 5 heterocycles. The third-order valence-corrected chi connectivity index (χ3v) is 7.35. The van der Waals surface area contributed by atoms with Gasteiger partial charge in [-0.3, -0.25) is 9.97 Å². The van der Waals surface area contributed by atoms with E-state index in [0.29, 0.717) is 12.5 Å². The van der Waals surface area contributed by atoms with Gasteiger partial charge in [0.1, 0.15) is 5.65 Å². The first-order chi connectivity index (χ1) is 15.9. The number of hydrogen-bond donors (Lipinski definition) is 0. The van der Waals surface area contributed by atoms with E-state index in [1.807, 2.05) is 29.2 Å². The van der Waals surface area contributed by atoms with Gasteiger partial charge in [-0.1, -0.05) is 0 Å². The molecule has 0 unspecified atom stereocenters. The van der Waals surface area contributed by atoms with Gasteiger partial charge in [-0.25, -0.2) is 23.4 Å². The van der Waals surface area contributed by atoms with Crippen LogP contribution < -0.4 is 4.90 Å². The fraction of sp³-hybridized carbons (Fsp3) is 0.318. The maximum Gasteiger partial charge on any atom is 0.225 e. The van der Waals surface area contributed by atoms with Gasteiger partial charge in [0.25, 0.3) is 0 Å². The van der Waals surface area contributed by atoms with Crippen LogP contribution in [0.3, 0.4) is 0 Å². The molecule has 33 heavy (non-hydrogen) atoms. The molecule has 0 amide bonds. The predicted octanol–water partition coefficient (Wildman–Crippen LogP) is 3.21. The molecule has 170 valence electrons. The highest BCUT2D eigenvalue weighted by Crippen LogP contribution is 2.28. The van der Waals surface area contributed by atoms with E-state index in [9.17, 15) is 8.42 Å². The minimum atomic E-state index is -3.29. The van der Waals surface area contributed by atoms with Crippen LogP contribution >= 0.6 is 15.9 Å². The molecule has 1 aliphatic rings. The van der Waals surface area contributed by atoms with Crippen LogP contribution in [0.2, 0.25) is 0 Å². The van der Waals surface area contributed by atoms with Crippen LogP contribution in [0, 0.1) is 0 Å². The first-order valence-corrected chi connectivity index (χ1v) is 13.2. The quantitative estimate of drug-likeness (QED) is 0.389. The smallest absolute Gasteiger partial charge is 0.225 e. The van der Waals surface area contributed by atoms with Gasteiger partial charge >= 0.3 is 0 Å². The summed E-state index contributed by atoms with van der Waals surface area (Å²) in [4.78, 5) is 24.9. The summed E-state index contributed by atoms with van der Waals surface area (Å²) in [6, 6.07) is 3.51. The van der Waals surface area contributed by atoms with Crippen LogP contribution in [0.5, 0.6) is 0 Å². The molecule has 0 atom stereocenters. The van der Waals surface area contributed by atoms with Crippen molar-refractivity contribution in [3.05, 3.63) is 65.2 Å². The summed E-state index contributed by atoms with van der Waals surface area (Å²) in [6.45, 7) is 2.28. The van der Waals surface area contributed by atoms with E-state index in [0.717, 1.165) is 58.8 Å². The monoisotopic (exact) mass is 527 g/mol. The first kappa shape index (κ1) is 21.9. The van der Waals surface area contributed by atoms with Crippen LogP contribution in [0.1, 0.15) is 30.1 Å². The Balaban J connectivity index is 1.24. The number of sulfone groups is 1. The number of rotatable bonds is 5. The van der Waals surface area contributed by atoms with Crippen molar-refractivity contribution in [2.75, 3.05) is 24.2 Å². The van der Waals surface area contributed by atoms with Crippen molar-refractivity contribution >= 4 is 42.7 Å². The summed E-state index contributed by atoms with van der Waals surface area (Å²) in [5.74, 6) is 1.12. The molecule has 0 N–H and O–H groups in total. The van der Waals surface area contributed by atoms with Gasteiger partial charge < -0.3 is 9.47 Å². The summed E-state index contributed by atoms with van der Waals surface area (Å²) < 4.78 is 26.3. The lowest BCUT2D eigenvalue weighted by atomic mass is 9.94. The predicted molar refractivity (Wildman–Crippen MR) is 128 cm³/mol. The standard InChI is InChI=1S/C22H22BrN7O2S/c1-33(31,32)19-8-16-4-7-30(21(16)26-12-19)14-18-11-25-20(13-24-18)15-2-5-29(6-3-15)22-27-9-17(23)10-28-22/h4,7-13,15H,2-3,5-6,14H2,1H3. The van der Waals surface area contributed by atoms with Gasteiger partial charge in [0, 0.05) is 61.6 Å². The molecular weight excluding hydrogens is 506 g/mol. The molecule has 1 aliphatic heterocycles. The summed E-state index contributed by atoms with van der Waals surface area (Å²) in [5.41, 5.74) is 2.55. The number of pyridine rings is 1. The zero-order valence-electron chi connectivity index (χ0n) is 18.0. The minimum Gasteiger partial charge on any atom is -0.341 e. The van der Waals surface area contributed by atoms with Crippen molar-refractivity contribution in [2.24, 2.45) is 0 Å². The summed E-state index contributed by atoms with van der Waals surface area (Å²) in [7, 11) is -3.29. The van der Waals surface area contributed by atoms with Gasteiger partial charge in [-0.2, -0.15) is 0 Å². The number of fused-ring (bicyclic) bond motifs is 1. The van der Waals surface area contributed by atoms with Crippen LogP contribution in [-0.4, -0.2) is 57.3 Å². The first-order valence-electron chi connectivity index (χ1n) is 10.5. The molecular formula is C22H22BrN7O2S. The highest BCUT2D eigenvalue weighted by atomic mass is 79.9. The van der Waals surface area contributed by atoms with Crippen molar-refractivity contribution in [1.82, 2.24) is 29.5 Å². The second-order valence-corrected chi connectivity index (χ2v) is 11.1. The highest BCUT2D eigenvalue weighted by Gasteiger charge is 2.23. The SMILES string of the molecule is CS(=O)(=O)c1cnc2c(ccn2Cc2cnc(C3CCN(c4ncc(Br)cn4)CC3)cn2)c1. The van der Waals surface area contributed by atoms with E-state index >= 15 is 0 Å². The molecule has 0 saturated carbocycles. The van der Waals surface area contributed by atoms with E-state index in [1.54, 1.807) is 18.5 Å². The molecule has 11 heteroatoms. The van der Waals surface area contributed by atoms with Crippen LogP contribution in [0.4, 0.5) is 5.95 Å². The van der Waals surface area contributed by atoms with Crippen LogP contribution in [0.25, 0.3) is 11.0 Å². The third kappa shape index (κ3) is 4.74. The normalized spacial score (nSPS) is 15.3. The van der Waals surface area contributed by atoms with Gasteiger partial charge in [-0.05, 0) is 40.9 Å². The van der Waals surface area contributed by atoms with Crippen molar-refractivity contribution < 1.29 is 8.42 Å². The van der Waals surface area contributed by atoms with E-state index in [1.165, 1.54) is 12.5 Å². The second kappa shape index (κ2) is 8.79. The van der Waals surface area contributed by atoms with Crippen molar-refractivity contribution in [3.63, 3.8) is 0 Å². The molecule has 5 rings (SSSR count). The minimum absolute atomic E-state index is 0.217. The maximum absolute atomic E-state index is 11.8. The van der Waals surface area contributed by atoms with E-state index in [-0.39, 0.29) is 4.90 Å². The summed E-state index contributed by atoms with van der Waals surface area (Å²) in [6.07, 6.45) is 13.6. The molecule has 4 aromatic heterocycles. The number of halogens is 1. The Labute approximate surface area is 200 Å². The lowest BCUT2D eigenvalue weighted by molar-refractivity contribution is 0.488. The Hall–Kier alpha value is -2.92. The third-order valence-electron chi connectivity index (χ3n) is 5.86. The molecule has 0 bridgehead atoms. The average Bonchev–Trinajstić information content (AvgIpc) is 3.22. The van der Waals surface area contributed by atoms with E-state index in [2.05, 4.69) is 45.7 Å². The van der Waals surface area contributed by atoms with Gasteiger partial charge in [0.15, 0.2) is 9.84 Å². The van der Waals surface area contributed by atoms with Crippen molar-refractivity contribution in [1.29, 1.82) is 0 Å². The van der Waals surface area contributed by atoms with E-state index in [4.69, 9.17) is 0 Å². The zero-order chi connectivity index (χ0) is 23.0. The highest BCUT2D eigenvalue weighted by molar-refractivity contribution is 9.10. The molecule has 0 aliphatic carbocycles. The Morgan fingerprint density at radius 1 is 1.00 bits per heavy atom. The van der Waals surface area contributed by atoms with Crippen LogP contribution in [-0.2, 0) is 16.4 Å². The molecule has 1 fully saturated rings. The average molecular weight is 528 g/mol. The second-order valence-electron chi connectivity index (χ2n) is 8.19. The zero-order valence-corrected chi connectivity index (χ0v) is 20.4. The number of nitrogens with zero attached hydrogens (tertiary/aromatic N) is 7. The Kier molecular flexibility index (Phi) is 5.83. The number of aromatic nitrogens is 6. The molecule has 0 spiro atoms. The van der Waals surface area contributed by atoms with Gasteiger partial charge in [0.2, 0.25) is 5.95 Å². The van der Waals surface area contributed by atoms with Gasteiger partial charge in [0.05, 0.1) is 33.5 Å². The number of hydrogen-bond acceptors (Lipinski definition) is 8.